The van der Waals surface area contributed by atoms with E-state index in [2.05, 4.69) is 21.1 Å². The smallest absolute Gasteiger partial charge is 0.324 e. The maximum atomic E-state index is 13.3. The van der Waals surface area contributed by atoms with Crippen molar-refractivity contribution in [2.45, 2.75) is 13.0 Å². The van der Waals surface area contributed by atoms with E-state index in [9.17, 15) is 13.6 Å². The summed E-state index contributed by atoms with van der Waals surface area (Å²) in [5.74, 6) is 5.18. The van der Waals surface area contributed by atoms with Crippen molar-refractivity contribution in [3.05, 3.63) is 60.2 Å². The minimum atomic E-state index is -2.83. The van der Waals surface area contributed by atoms with Crippen molar-refractivity contribution in [3.8, 4) is 11.5 Å². The fraction of sp³-hybridized carbons (Fsp3) is 0.286. The van der Waals surface area contributed by atoms with Gasteiger partial charge in [0.15, 0.2) is 0 Å². The van der Waals surface area contributed by atoms with E-state index in [1.807, 2.05) is 35.2 Å². The minimum Gasteiger partial charge on any atom is -0.415 e. The Morgan fingerprint density at radius 2 is 1.90 bits per heavy atom. The summed E-state index contributed by atoms with van der Waals surface area (Å²) < 4.78 is 30.3. The van der Waals surface area contributed by atoms with E-state index in [4.69, 9.17) is 4.42 Å². The largest absolute Gasteiger partial charge is 0.415 e. The van der Waals surface area contributed by atoms with Crippen LogP contribution in [-0.4, -0.2) is 56.6 Å². The Morgan fingerprint density at radius 3 is 2.52 bits per heavy atom. The Labute approximate surface area is 180 Å². The van der Waals surface area contributed by atoms with Crippen LogP contribution in [0.1, 0.15) is 18.0 Å². The Balaban J connectivity index is 1.54. The quantitative estimate of drug-likeness (QED) is 0.550. The van der Waals surface area contributed by atoms with E-state index in [0.29, 0.717) is 24.3 Å². The number of pyridine rings is 1. The molecule has 2 amide bonds. The number of halogens is 2. The lowest BCUT2D eigenvalue weighted by Gasteiger charge is -2.34. The Bertz CT molecular complexity index is 1050. The van der Waals surface area contributed by atoms with Gasteiger partial charge in [-0.05, 0) is 24.3 Å². The molecule has 1 saturated heterocycles. The van der Waals surface area contributed by atoms with Crippen LogP contribution in [0.4, 0.5) is 19.3 Å². The van der Waals surface area contributed by atoms with Crippen LogP contribution in [-0.2, 0) is 6.54 Å². The number of anilines is 1. The number of urea groups is 1. The normalized spacial score (nSPS) is 14.7. The molecule has 3 heterocycles. The van der Waals surface area contributed by atoms with Crippen molar-refractivity contribution in [3.63, 3.8) is 0 Å². The van der Waals surface area contributed by atoms with Gasteiger partial charge in [-0.3, -0.25) is 9.88 Å². The van der Waals surface area contributed by atoms with Crippen molar-refractivity contribution >= 4 is 28.1 Å². The average molecular weight is 445 g/mol. The number of nitrogens with zero attached hydrogens (tertiary/aromatic N) is 5. The van der Waals surface area contributed by atoms with Gasteiger partial charge in [-0.1, -0.05) is 24.1 Å². The molecule has 0 spiro atoms. The van der Waals surface area contributed by atoms with Crippen LogP contribution in [0.3, 0.4) is 0 Å². The molecule has 0 bridgehead atoms. The van der Waals surface area contributed by atoms with E-state index in [1.54, 1.807) is 17.0 Å². The van der Waals surface area contributed by atoms with Gasteiger partial charge >= 0.3 is 12.5 Å². The second-order valence-corrected chi connectivity index (χ2v) is 9.04. The zero-order valence-corrected chi connectivity index (χ0v) is 17.5. The molecule has 2 aromatic heterocycles. The lowest BCUT2D eigenvalue weighted by atomic mass is 10.2. The van der Waals surface area contributed by atoms with E-state index < -0.39 is 12.3 Å². The molecular formula is C21H21F2N5O2S. The lowest BCUT2D eigenvalue weighted by Crippen LogP contribution is -2.47. The number of benzene rings is 1. The first kappa shape index (κ1) is 21.1. The number of aromatic nitrogens is 3. The number of carbonyl (C=O) groups excluding carboxylic acids is 1. The highest BCUT2D eigenvalue weighted by atomic mass is 32.2. The third-order valence-corrected chi connectivity index (χ3v) is 6.41. The van der Waals surface area contributed by atoms with Gasteiger partial charge in [0.05, 0.1) is 17.8 Å². The van der Waals surface area contributed by atoms with Gasteiger partial charge in [0, 0.05) is 36.5 Å². The molecule has 0 saturated carbocycles. The van der Waals surface area contributed by atoms with Crippen molar-refractivity contribution < 1.29 is 18.0 Å². The fourth-order valence-corrected chi connectivity index (χ4v) is 4.34. The standard InChI is InChI=1S/C21H21F2N5O2S/c1-31-11-9-27(10-12-31)21(29)28(17-5-3-2-4-6-17)14-16-8-7-15(13-24-16)19-25-26-20(30-19)18(22)23/h2-8,13,18H,1,9-12,14H2. The zero-order valence-electron chi connectivity index (χ0n) is 16.7. The topological polar surface area (TPSA) is 75.4 Å². The summed E-state index contributed by atoms with van der Waals surface area (Å²) in [6.45, 7) is 1.64. The summed E-state index contributed by atoms with van der Waals surface area (Å²) in [5.41, 5.74) is 1.85. The highest BCUT2D eigenvalue weighted by molar-refractivity contribution is 8.14. The zero-order chi connectivity index (χ0) is 21.8. The van der Waals surface area contributed by atoms with Gasteiger partial charge in [0.1, 0.15) is 0 Å². The minimum absolute atomic E-state index is 0.0257. The van der Waals surface area contributed by atoms with Crippen molar-refractivity contribution in [2.75, 3.05) is 29.5 Å². The molecule has 0 aliphatic carbocycles. The number of para-hydroxylation sites is 1. The molecule has 0 unspecified atom stereocenters. The summed E-state index contributed by atoms with van der Waals surface area (Å²) in [6, 6.07) is 12.7. The van der Waals surface area contributed by atoms with Gasteiger partial charge in [-0.25, -0.2) is 4.79 Å². The maximum Gasteiger partial charge on any atom is 0.324 e. The van der Waals surface area contributed by atoms with Crippen molar-refractivity contribution in [2.24, 2.45) is 0 Å². The SMILES string of the molecule is C=S1CCN(C(=O)N(Cc2ccc(-c3nnc(C(F)F)o3)cn2)c2ccccc2)CC1. The van der Waals surface area contributed by atoms with Crippen molar-refractivity contribution in [1.29, 1.82) is 0 Å². The second kappa shape index (κ2) is 9.34. The summed E-state index contributed by atoms with van der Waals surface area (Å²) in [6.07, 6.45) is -1.35. The number of rotatable bonds is 5. The molecule has 1 aliphatic rings. The molecule has 4 rings (SSSR count). The average Bonchev–Trinajstić information content (AvgIpc) is 3.29. The maximum absolute atomic E-state index is 13.3. The number of amides is 2. The van der Waals surface area contributed by atoms with Crippen LogP contribution in [0.5, 0.6) is 0 Å². The number of carbonyl (C=O) groups is 1. The highest BCUT2D eigenvalue weighted by Crippen LogP contribution is 2.25. The van der Waals surface area contributed by atoms with Gasteiger partial charge in [0.2, 0.25) is 5.89 Å². The molecule has 0 radical (unpaired) electrons. The second-order valence-electron chi connectivity index (χ2n) is 7.00. The molecule has 1 aliphatic heterocycles. The molecule has 10 heteroatoms. The van der Waals surface area contributed by atoms with Gasteiger partial charge < -0.3 is 9.32 Å². The van der Waals surface area contributed by atoms with E-state index in [1.165, 1.54) is 6.20 Å². The van der Waals surface area contributed by atoms with Crippen LogP contribution < -0.4 is 4.90 Å². The first-order valence-electron chi connectivity index (χ1n) is 9.67. The van der Waals surface area contributed by atoms with Gasteiger partial charge in [-0.15, -0.1) is 10.2 Å². The third-order valence-electron chi connectivity index (χ3n) is 4.89. The lowest BCUT2D eigenvalue weighted by molar-refractivity contribution is 0.116. The fourth-order valence-electron chi connectivity index (χ4n) is 3.18. The monoisotopic (exact) mass is 445 g/mol. The molecule has 0 N–H and O–H groups in total. The Morgan fingerprint density at radius 1 is 1.16 bits per heavy atom. The molecule has 162 valence electrons. The first-order chi connectivity index (χ1) is 15.0. The summed E-state index contributed by atoms with van der Waals surface area (Å²) >= 11 is 0. The van der Waals surface area contributed by atoms with E-state index in [-0.39, 0.29) is 29.0 Å². The molecule has 0 atom stereocenters. The van der Waals surface area contributed by atoms with Crippen molar-refractivity contribution in [1.82, 2.24) is 20.1 Å². The predicted molar refractivity (Wildman–Crippen MR) is 117 cm³/mol. The molecule has 7 nitrogen and oxygen atoms in total. The third kappa shape index (κ3) is 4.96. The van der Waals surface area contributed by atoms with E-state index in [0.717, 1.165) is 17.2 Å². The summed E-state index contributed by atoms with van der Waals surface area (Å²) in [4.78, 5) is 21.2. The predicted octanol–water partition coefficient (Wildman–Crippen LogP) is 4.21. The van der Waals surface area contributed by atoms with Crippen LogP contribution in [0.25, 0.3) is 11.5 Å². The first-order valence-corrected chi connectivity index (χ1v) is 11.4. The van der Waals surface area contributed by atoms with Gasteiger partial charge in [-0.2, -0.15) is 19.3 Å². The van der Waals surface area contributed by atoms with Crippen LogP contribution >= 0.6 is 10.5 Å². The molecular weight excluding hydrogens is 424 g/mol. The van der Waals surface area contributed by atoms with E-state index >= 15 is 0 Å². The van der Waals surface area contributed by atoms with Gasteiger partial charge in [0.25, 0.3) is 5.89 Å². The Hall–Kier alpha value is -3.14. The highest BCUT2D eigenvalue weighted by Gasteiger charge is 2.25. The molecule has 3 aromatic rings. The summed E-state index contributed by atoms with van der Waals surface area (Å²) in [7, 11) is 0.113. The molecule has 1 aromatic carbocycles. The summed E-state index contributed by atoms with van der Waals surface area (Å²) in [5, 5.41) is 6.96. The van der Waals surface area contributed by atoms with Crippen LogP contribution in [0.2, 0.25) is 0 Å². The van der Waals surface area contributed by atoms with Crippen LogP contribution in [0, 0.1) is 0 Å². The molecule has 31 heavy (non-hydrogen) atoms. The Kier molecular flexibility index (Phi) is 6.36. The number of alkyl halides is 2. The number of hydrogen-bond acceptors (Lipinski definition) is 5. The van der Waals surface area contributed by atoms with Crippen LogP contribution in [0.15, 0.2) is 53.1 Å². The molecule has 1 fully saturated rings. The number of hydrogen-bond donors (Lipinski definition) is 0.